The smallest absolute Gasteiger partial charge is 0.154 e. The van der Waals surface area contributed by atoms with Gasteiger partial charge in [0.2, 0.25) is 0 Å². The number of likely N-dealkylation sites (tertiary alicyclic amines) is 1. The highest BCUT2D eigenvalue weighted by Gasteiger charge is 2.50. The quantitative estimate of drug-likeness (QED) is 0.591. The molecule has 0 amide bonds. The van der Waals surface area contributed by atoms with Crippen molar-refractivity contribution in [3.63, 3.8) is 0 Å². The summed E-state index contributed by atoms with van der Waals surface area (Å²) in [5, 5.41) is 0. The van der Waals surface area contributed by atoms with E-state index in [1.54, 1.807) is 0 Å². The normalized spacial score (nSPS) is 38.1. The van der Waals surface area contributed by atoms with Gasteiger partial charge in [-0.05, 0) is 31.7 Å². The lowest BCUT2D eigenvalue weighted by Crippen LogP contribution is -2.51. The molecule has 14 heavy (non-hydrogen) atoms. The van der Waals surface area contributed by atoms with Crippen molar-refractivity contribution in [3.05, 3.63) is 0 Å². The Morgan fingerprint density at radius 3 is 2.50 bits per heavy atom. The van der Waals surface area contributed by atoms with Gasteiger partial charge in [-0.25, -0.2) is 0 Å². The molecule has 0 N–H and O–H groups in total. The van der Waals surface area contributed by atoms with Gasteiger partial charge in [0.1, 0.15) is 0 Å². The molecule has 1 unspecified atom stereocenters. The Labute approximate surface area is 86.7 Å². The minimum atomic E-state index is -0.0816. The van der Waals surface area contributed by atoms with Gasteiger partial charge in [-0.2, -0.15) is 0 Å². The van der Waals surface area contributed by atoms with Crippen LogP contribution >= 0.6 is 0 Å². The number of ketones is 1. The van der Waals surface area contributed by atoms with Crippen LogP contribution in [-0.4, -0.2) is 29.8 Å². The molecule has 1 heterocycles. The fourth-order valence-electron chi connectivity index (χ4n) is 3.32. The first kappa shape index (κ1) is 10.2. The molecule has 2 nitrogen and oxygen atoms in total. The zero-order valence-corrected chi connectivity index (χ0v) is 9.60. The van der Waals surface area contributed by atoms with Crippen molar-refractivity contribution in [2.24, 2.45) is 5.41 Å². The molecular weight excluding hydrogens is 174 g/mol. The van der Waals surface area contributed by atoms with E-state index in [9.17, 15) is 4.79 Å². The second-order valence-corrected chi connectivity index (χ2v) is 5.82. The predicted octanol–water partition coefficient (Wildman–Crippen LogP) is 2.23. The third-order valence-corrected chi connectivity index (χ3v) is 4.14. The Hall–Kier alpha value is -0.370. The molecule has 0 bridgehead atoms. The molecule has 80 valence electrons. The second-order valence-electron chi connectivity index (χ2n) is 5.82. The minimum Gasteiger partial charge on any atom is -0.298 e. The van der Waals surface area contributed by atoms with Gasteiger partial charge in [-0.1, -0.05) is 20.3 Å². The maximum atomic E-state index is 12.0. The van der Waals surface area contributed by atoms with E-state index in [-0.39, 0.29) is 5.54 Å². The van der Waals surface area contributed by atoms with Crippen molar-refractivity contribution in [3.8, 4) is 0 Å². The van der Waals surface area contributed by atoms with Crippen LogP contribution in [-0.2, 0) is 4.79 Å². The first-order valence-electron chi connectivity index (χ1n) is 5.71. The molecule has 0 radical (unpaired) electrons. The Morgan fingerprint density at radius 2 is 2.00 bits per heavy atom. The van der Waals surface area contributed by atoms with Crippen LogP contribution < -0.4 is 0 Å². The van der Waals surface area contributed by atoms with Crippen molar-refractivity contribution >= 4 is 5.78 Å². The number of hydrogen-bond donors (Lipinski definition) is 0. The van der Waals surface area contributed by atoms with Crippen LogP contribution in [0.3, 0.4) is 0 Å². The molecule has 1 atom stereocenters. The SMILES string of the molecule is CN1CCC(=O)C12CCCC(C)(C)C2. The molecule has 2 aliphatic rings. The number of likely N-dealkylation sites (N-methyl/N-ethyl adjacent to an activating group) is 1. The fourth-order valence-corrected chi connectivity index (χ4v) is 3.32. The lowest BCUT2D eigenvalue weighted by molar-refractivity contribution is -0.128. The van der Waals surface area contributed by atoms with Gasteiger partial charge in [0.15, 0.2) is 5.78 Å². The second kappa shape index (κ2) is 3.06. The van der Waals surface area contributed by atoms with Crippen LogP contribution in [0.1, 0.15) is 46.0 Å². The number of rotatable bonds is 0. The first-order valence-corrected chi connectivity index (χ1v) is 5.71. The number of carbonyl (C=O) groups excluding carboxylic acids is 1. The van der Waals surface area contributed by atoms with Crippen LogP contribution in [0, 0.1) is 5.41 Å². The first-order chi connectivity index (χ1) is 6.46. The predicted molar refractivity (Wildman–Crippen MR) is 57.2 cm³/mol. The van der Waals surface area contributed by atoms with Crippen LogP contribution in [0.2, 0.25) is 0 Å². The highest BCUT2D eigenvalue weighted by molar-refractivity contribution is 5.90. The topological polar surface area (TPSA) is 20.3 Å². The minimum absolute atomic E-state index is 0.0816. The molecule has 1 aliphatic heterocycles. The maximum absolute atomic E-state index is 12.0. The molecule has 1 aliphatic carbocycles. The summed E-state index contributed by atoms with van der Waals surface area (Å²) in [5.74, 6) is 0.493. The zero-order valence-electron chi connectivity index (χ0n) is 9.60. The summed E-state index contributed by atoms with van der Waals surface area (Å²) in [6.45, 7) is 5.57. The van der Waals surface area contributed by atoms with E-state index in [0.717, 1.165) is 25.8 Å². The number of carbonyl (C=O) groups is 1. The largest absolute Gasteiger partial charge is 0.298 e. The highest BCUT2D eigenvalue weighted by atomic mass is 16.1. The van der Waals surface area contributed by atoms with Crippen molar-refractivity contribution in [2.45, 2.75) is 51.5 Å². The van der Waals surface area contributed by atoms with Crippen LogP contribution in [0.5, 0.6) is 0 Å². The summed E-state index contributed by atoms with van der Waals surface area (Å²) in [6, 6.07) is 0. The number of hydrogen-bond acceptors (Lipinski definition) is 2. The van der Waals surface area contributed by atoms with E-state index in [1.807, 2.05) is 0 Å². The number of Topliss-reactive ketones (excluding diaryl/α,β-unsaturated/α-hetero) is 1. The zero-order chi connectivity index (χ0) is 10.4. The van der Waals surface area contributed by atoms with Gasteiger partial charge >= 0.3 is 0 Å². The molecule has 2 fully saturated rings. The molecule has 1 spiro atoms. The van der Waals surface area contributed by atoms with E-state index in [1.165, 1.54) is 12.8 Å². The van der Waals surface area contributed by atoms with Crippen LogP contribution in [0.4, 0.5) is 0 Å². The van der Waals surface area contributed by atoms with E-state index in [2.05, 4.69) is 25.8 Å². The maximum Gasteiger partial charge on any atom is 0.154 e. The summed E-state index contributed by atoms with van der Waals surface area (Å²) in [4.78, 5) is 14.3. The van der Waals surface area contributed by atoms with Crippen molar-refractivity contribution in [1.29, 1.82) is 0 Å². The van der Waals surface area contributed by atoms with Gasteiger partial charge in [0.25, 0.3) is 0 Å². The van der Waals surface area contributed by atoms with Crippen molar-refractivity contribution < 1.29 is 4.79 Å². The molecule has 1 saturated heterocycles. The summed E-state index contributed by atoms with van der Waals surface area (Å²) in [5.41, 5.74) is 0.272. The molecule has 0 aromatic rings. The monoisotopic (exact) mass is 195 g/mol. The molecule has 2 heteroatoms. The molecule has 2 rings (SSSR count). The summed E-state index contributed by atoms with van der Waals surface area (Å²) in [6.07, 6.45) is 5.41. The summed E-state index contributed by atoms with van der Waals surface area (Å²) < 4.78 is 0. The van der Waals surface area contributed by atoms with Gasteiger partial charge in [0, 0.05) is 13.0 Å². The van der Waals surface area contributed by atoms with E-state index in [0.29, 0.717) is 11.2 Å². The van der Waals surface area contributed by atoms with E-state index in [4.69, 9.17) is 0 Å². The van der Waals surface area contributed by atoms with Gasteiger partial charge in [0.05, 0.1) is 5.54 Å². The van der Waals surface area contributed by atoms with Gasteiger partial charge in [-0.3, -0.25) is 9.69 Å². The van der Waals surface area contributed by atoms with E-state index < -0.39 is 0 Å². The van der Waals surface area contributed by atoms with Crippen LogP contribution in [0.15, 0.2) is 0 Å². The molecule has 0 aromatic heterocycles. The Kier molecular flexibility index (Phi) is 2.22. The van der Waals surface area contributed by atoms with E-state index >= 15 is 0 Å². The van der Waals surface area contributed by atoms with Crippen molar-refractivity contribution in [2.75, 3.05) is 13.6 Å². The Balaban J connectivity index is 2.26. The fraction of sp³-hybridized carbons (Fsp3) is 0.917. The third-order valence-electron chi connectivity index (χ3n) is 4.14. The molecule has 0 aromatic carbocycles. The average molecular weight is 195 g/mol. The highest BCUT2D eigenvalue weighted by Crippen LogP contribution is 2.46. The van der Waals surface area contributed by atoms with Gasteiger partial charge in [-0.15, -0.1) is 0 Å². The molecule has 1 saturated carbocycles. The Bertz CT molecular complexity index is 259. The summed E-state index contributed by atoms with van der Waals surface area (Å²) >= 11 is 0. The molecular formula is C12H21NO. The standard InChI is InChI=1S/C12H21NO/c1-11(2)6-4-7-12(9-11)10(14)5-8-13(12)3/h4-9H2,1-3H3. The average Bonchev–Trinajstić information content (AvgIpc) is 2.32. The van der Waals surface area contributed by atoms with Crippen LogP contribution in [0.25, 0.3) is 0 Å². The third kappa shape index (κ3) is 1.40. The lowest BCUT2D eigenvalue weighted by Gasteiger charge is -2.45. The lowest BCUT2D eigenvalue weighted by atomic mass is 9.67. The summed E-state index contributed by atoms with van der Waals surface area (Å²) in [7, 11) is 2.12. The number of nitrogens with zero attached hydrogens (tertiary/aromatic N) is 1. The van der Waals surface area contributed by atoms with Gasteiger partial charge < -0.3 is 0 Å². The van der Waals surface area contributed by atoms with Crippen molar-refractivity contribution in [1.82, 2.24) is 4.90 Å². The Morgan fingerprint density at radius 1 is 1.29 bits per heavy atom.